The summed E-state index contributed by atoms with van der Waals surface area (Å²) >= 11 is 0. The first-order chi connectivity index (χ1) is 13.7. The largest absolute Gasteiger partial charge is 0.356 e. The van der Waals surface area contributed by atoms with E-state index in [0.717, 1.165) is 11.1 Å². The molecule has 1 N–H and O–H groups in total. The number of hydrogen-bond acceptors (Lipinski definition) is 5. The topological polar surface area (TPSA) is 78.7 Å². The number of carbonyl (C=O) groups is 2. The zero-order valence-electron chi connectivity index (χ0n) is 15.5. The Hall–Kier alpha value is -3.19. The molecular formula is C21H22N4O3. The van der Waals surface area contributed by atoms with Crippen molar-refractivity contribution < 1.29 is 14.1 Å². The number of anilines is 1. The second kappa shape index (κ2) is 8.22. The van der Waals surface area contributed by atoms with Gasteiger partial charge in [0.2, 0.25) is 11.8 Å². The second-order valence-corrected chi connectivity index (χ2v) is 6.87. The average molecular weight is 378 g/mol. The maximum atomic E-state index is 12.6. The summed E-state index contributed by atoms with van der Waals surface area (Å²) in [6.45, 7) is 2.88. The maximum absolute atomic E-state index is 12.6. The van der Waals surface area contributed by atoms with Crippen LogP contribution in [0, 0.1) is 0 Å². The number of nitrogens with zero attached hydrogens (tertiary/aromatic N) is 3. The zero-order valence-corrected chi connectivity index (χ0v) is 15.5. The predicted molar refractivity (Wildman–Crippen MR) is 106 cm³/mol. The van der Waals surface area contributed by atoms with Crippen LogP contribution in [0.1, 0.15) is 5.69 Å². The third-order valence-electron chi connectivity index (χ3n) is 4.92. The van der Waals surface area contributed by atoms with Crippen molar-refractivity contribution in [1.29, 1.82) is 0 Å². The predicted octanol–water partition coefficient (Wildman–Crippen LogP) is 2.15. The molecular weight excluding hydrogens is 356 g/mol. The first kappa shape index (κ1) is 18.2. The summed E-state index contributed by atoms with van der Waals surface area (Å²) < 4.78 is 5.27. The molecule has 0 radical (unpaired) electrons. The van der Waals surface area contributed by atoms with Crippen LogP contribution in [-0.2, 0) is 16.0 Å². The van der Waals surface area contributed by atoms with Crippen LogP contribution in [0.5, 0.6) is 0 Å². The van der Waals surface area contributed by atoms with Gasteiger partial charge in [-0.25, -0.2) is 0 Å². The SMILES string of the molecule is O=C(CN1CCN(C(=O)Cc2noc3ccccc23)CC1)Nc1ccccc1. The Kier molecular flexibility index (Phi) is 5.34. The van der Waals surface area contributed by atoms with Crippen molar-refractivity contribution in [3.05, 3.63) is 60.3 Å². The van der Waals surface area contributed by atoms with Crippen molar-refractivity contribution in [2.45, 2.75) is 6.42 Å². The molecule has 0 atom stereocenters. The van der Waals surface area contributed by atoms with E-state index in [1.807, 2.05) is 59.5 Å². The van der Waals surface area contributed by atoms with Gasteiger partial charge in [-0.3, -0.25) is 14.5 Å². The van der Waals surface area contributed by atoms with Gasteiger partial charge in [-0.1, -0.05) is 35.5 Å². The minimum absolute atomic E-state index is 0.0347. The molecule has 7 nitrogen and oxygen atoms in total. The Balaban J connectivity index is 1.26. The molecule has 144 valence electrons. The zero-order chi connectivity index (χ0) is 19.3. The summed E-state index contributed by atoms with van der Waals surface area (Å²) in [5.74, 6) is -0.00696. The lowest BCUT2D eigenvalue weighted by atomic mass is 10.1. The number of amides is 2. The lowest BCUT2D eigenvalue weighted by Crippen LogP contribution is -2.50. The second-order valence-electron chi connectivity index (χ2n) is 6.87. The third-order valence-corrected chi connectivity index (χ3v) is 4.92. The van der Waals surface area contributed by atoms with E-state index in [1.54, 1.807) is 0 Å². The number of hydrogen-bond donors (Lipinski definition) is 1. The van der Waals surface area contributed by atoms with Crippen LogP contribution < -0.4 is 5.32 Å². The molecule has 2 aromatic carbocycles. The van der Waals surface area contributed by atoms with Crippen LogP contribution in [-0.4, -0.2) is 59.5 Å². The Labute approximate surface area is 162 Å². The van der Waals surface area contributed by atoms with Gasteiger partial charge in [-0.15, -0.1) is 0 Å². The Morgan fingerprint density at radius 1 is 0.964 bits per heavy atom. The lowest BCUT2D eigenvalue weighted by molar-refractivity contribution is -0.132. The molecule has 1 aliphatic rings. The molecule has 4 rings (SSSR count). The molecule has 0 saturated carbocycles. The van der Waals surface area contributed by atoms with E-state index in [2.05, 4.69) is 15.4 Å². The first-order valence-corrected chi connectivity index (χ1v) is 9.37. The molecule has 7 heteroatoms. The molecule has 28 heavy (non-hydrogen) atoms. The molecule has 0 spiro atoms. The fraction of sp³-hybridized carbons (Fsp3) is 0.286. The van der Waals surface area contributed by atoms with E-state index < -0.39 is 0 Å². The fourth-order valence-corrected chi connectivity index (χ4v) is 3.40. The van der Waals surface area contributed by atoms with E-state index in [0.29, 0.717) is 44.0 Å². The molecule has 1 saturated heterocycles. The fourth-order valence-electron chi connectivity index (χ4n) is 3.40. The molecule has 2 heterocycles. The van der Waals surface area contributed by atoms with E-state index in [1.165, 1.54) is 0 Å². The van der Waals surface area contributed by atoms with Gasteiger partial charge in [-0.2, -0.15) is 0 Å². The van der Waals surface area contributed by atoms with Gasteiger partial charge in [0.1, 0.15) is 5.69 Å². The van der Waals surface area contributed by atoms with Gasteiger partial charge in [0.05, 0.1) is 13.0 Å². The number of piperazine rings is 1. The smallest absolute Gasteiger partial charge is 0.238 e. The van der Waals surface area contributed by atoms with Gasteiger partial charge >= 0.3 is 0 Å². The number of aromatic nitrogens is 1. The van der Waals surface area contributed by atoms with Gasteiger partial charge in [0, 0.05) is 37.3 Å². The summed E-state index contributed by atoms with van der Waals surface area (Å²) in [6.07, 6.45) is 0.228. The standard InChI is InChI=1S/C21H22N4O3/c26-20(22-16-6-2-1-3-7-16)15-24-10-12-25(13-11-24)21(27)14-18-17-8-4-5-9-19(17)28-23-18/h1-9H,10-15H2,(H,22,26). The van der Waals surface area contributed by atoms with Crippen molar-refractivity contribution >= 4 is 28.5 Å². The molecule has 0 aliphatic carbocycles. The van der Waals surface area contributed by atoms with Crippen LogP contribution in [0.2, 0.25) is 0 Å². The minimum atomic E-state index is -0.0416. The summed E-state index contributed by atoms with van der Waals surface area (Å²) in [7, 11) is 0. The number of benzene rings is 2. The van der Waals surface area contributed by atoms with Gasteiger partial charge < -0.3 is 14.7 Å². The Morgan fingerprint density at radius 3 is 2.46 bits per heavy atom. The summed E-state index contributed by atoms with van der Waals surface area (Å²) in [5.41, 5.74) is 2.16. The molecule has 1 fully saturated rings. The number of carbonyl (C=O) groups excluding carboxylic acids is 2. The minimum Gasteiger partial charge on any atom is -0.356 e. The highest BCUT2D eigenvalue weighted by atomic mass is 16.5. The van der Waals surface area contributed by atoms with E-state index >= 15 is 0 Å². The maximum Gasteiger partial charge on any atom is 0.238 e. The first-order valence-electron chi connectivity index (χ1n) is 9.37. The highest BCUT2D eigenvalue weighted by Crippen LogP contribution is 2.19. The van der Waals surface area contributed by atoms with Gasteiger partial charge in [0.15, 0.2) is 5.58 Å². The van der Waals surface area contributed by atoms with Crippen molar-refractivity contribution in [3.63, 3.8) is 0 Å². The third kappa shape index (κ3) is 4.20. The van der Waals surface area contributed by atoms with Crippen molar-refractivity contribution in [2.24, 2.45) is 0 Å². The van der Waals surface area contributed by atoms with Crippen molar-refractivity contribution in [1.82, 2.24) is 15.0 Å². The Morgan fingerprint density at radius 2 is 1.68 bits per heavy atom. The highest BCUT2D eigenvalue weighted by Gasteiger charge is 2.24. The van der Waals surface area contributed by atoms with E-state index in [-0.39, 0.29) is 18.2 Å². The number of fused-ring (bicyclic) bond motifs is 1. The van der Waals surface area contributed by atoms with Gasteiger partial charge in [0.25, 0.3) is 0 Å². The summed E-state index contributed by atoms with van der Waals surface area (Å²) in [5, 5.41) is 7.81. The molecule has 0 unspecified atom stereocenters. The molecule has 1 aliphatic heterocycles. The van der Waals surface area contributed by atoms with Crippen LogP contribution in [0.15, 0.2) is 59.1 Å². The van der Waals surface area contributed by atoms with Crippen molar-refractivity contribution in [3.8, 4) is 0 Å². The number of para-hydroxylation sites is 2. The monoisotopic (exact) mass is 378 g/mol. The quantitative estimate of drug-likeness (QED) is 0.736. The van der Waals surface area contributed by atoms with Gasteiger partial charge in [-0.05, 0) is 24.3 Å². The average Bonchev–Trinajstić information content (AvgIpc) is 3.12. The summed E-state index contributed by atoms with van der Waals surface area (Å²) in [6, 6.07) is 17.0. The van der Waals surface area contributed by atoms with E-state index in [9.17, 15) is 9.59 Å². The van der Waals surface area contributed by atoms with Crippen LogP contribution in [0.3, 0.4) is 0 Å². The van der Waals surface area contributed by atoms with Crippen LogP contribution in [0.25, 0.3) is 11.0 Å². The molecule has 0 bridgehead atoms. The Bertz CT molecular complexity index is 962. The van der Waals surface area contributed by atoms with Crippen molar-refractivity contribution in [2.75, 3.05) is 38.0 Å². The lowest BCUT2D eigenvalue weighted by Gasteiger charge is -2.34. The molecule has 2 amide bonds. The normalized spacial score (nSPS) is 14.9. The molecule has 3 aromatic rings. The highest BCUT2D eigenvalue weighted by molar-refractivity contribution is 5.92. The number of nitrogens with one attached hydrogen (secondary N) is 1. The van der Waals surface area contributed by atoms with Crippen LogP contribution in [0.4, 0.5) is 5.69 Å². The van der Waals surface area contributed by atoms with Crippen LogP contribution >= 0.6 is 0 Å². The van der Waals surface area contributed by atoms with E-state index in [4.69, 9.17) is 4.52 Å². The number of rotatable bonds is 5. The molecule has 1 aromatic heterocycles. The summed E-state index contributed by atoms with van der Waals surface area (Å²) in [4.78, 5) is 28.7.